The lowest BCUT2D eigenvalue weighted by molar-refractivity contribution is -0.129. The lowest BCUT2D eigenvalue weighted by atomic mass is 10.3. The van der Waals surface area contributed by atoms with Crippen LogP contribution in [0.15, 0.2) is 24.3 Å². The standard InChI is InChI=1S/C16H26N2O4S/c1-5-10-17(11-6-2)16(19)13-18(23(4,20)21)14-8-7-9-15(12-14)22-3/h7-9,12H,5-6,10-11,13H2,1-4H3. The van der Waals surface area contributed by atoms with Crippen molar-refractivity contribution in [1.29, 1.82) is 0 Å². The number of hydrogen-bond donors (Lipinski definition) is 0. The van der Waals surface area contributed by atoms with Gasteiger partial charge in [0.15, 0.2) is 0 Å². The molecule has 1 rings (SSSR count). The minimum Gasteiger partial charge on any atom is -0.497 e. The van der Waals surface area contributed by atoms with Gasteiger partial charge in [-0.15, -0.1) is 0 Å². The number of methoxy groups -OCH3 is 1. The predicted molar refractivity (Wildman–Crippen MR) is 92.3 cm³/mol. The largest absolute Gasteiger partial charge is 0.497 e. The first-order valence-corrected chi connectivity index (χ1v) is 9.57. The first-order valence-electron chi connectivity index (χ1n) is 7.73. The van der Waals surface area contributed by atoms with Crippen LogP contribution in [0.4, 0.5) is 5.69 Å². The second-order valence-corrected chi connectivity index (χ2v) is 7.26. The van der Waals surface area contributed by atoms with Crippen molar-refractivity contribution >= 4 is 21.6 Å². The summed E-state index contributed by atoms with van der Waals surface area (Å²) in [5.41, 5.74) is 0.424. The van der Waals surface area contributed by atoms with Crippen molar-refractivity contribution in [3.8, 4) is 5.75 Å². The highest BCUT2D eigenvalue weighted by molar-refractivity contribution is 7.92. The summed E-state index contributed by atoms with van der Waals surface area (Å²) in [5.74, 6) is 0.351. The quantitative estimate of drug-likeness (QED) is 0.689. The van der Waals surface area contributed by atoms with Gasteiger partial charge in [0.2, 0.25) is 15.9 Å². The van der Waals surface area contributed by atoms with Gasteiger partial charge in [-0.25, -0.2) is 8.42 Å². The summed E-state index contributed by atoms with van der Waals surface area (Å²) in [5, 5.41) is 0. The van der Waals surface area contributed by atoms with E-state index in [0.717, 1.165) is 23.4 Å². The molecule has 0 spiro atoms. The molecule has 0 unspecified atom stereocenters. The number of rotatable bonds is 9. The van der Waals surface area contributed by atoms with Gasteiger partial charge in [-0.2, -0.15) is 0 Å². The minimum atomic E-state index is -3.57. The fourth-order valence-electron chi connectivity index (χ4n) is 2.29. The van der Waals surface area contributed by atoms with E-state index in [0.29, 0.717) is 24.5 Å². The van der Waals surface area contributed by atoms with E-state index in [1.54, 1.807) is 29.2 Å². The molecule has 0 aromatic heterocycles. The summed E-state index contributed by atoms with van der Waals surface area (Å²) < 4.78 is 30.5. The van der Waals surface area contributed by atoms with Crippen molar-refractivity contribution in [2.75, 3.05) is 37.3 Å². The highest BCUT2D eigenvalue weighted by Crippen LogP contribution is 2.23. The van der Waals surface area contributed by atoms with Crippen LogP contribution in [-0.2, 0) is 14.8 Å². The van der Waals surface area contributed by atoms with E-state index in [1.165, 1.54) is 7.11 Å². The first-order chi connectivity index (χ1) is 10.8. The van der Waals surface area contributed by atoms with Crippen LogP contribution in [0, 0.1) is 0 Å². The van der Waals surface area contributed by atoms with Crippen molar-refractivity contribution in [3.63, 3.8) is 0 Å². The molecule has 6 nitrogen and oxygen atoms in total. The van der Waals surface area contributed by atoms with Gasteiger partial charge in [0, 0.05) is 19.2 Å². The summed E-state index contributed by atoms with van der Waals surface area (Å²) in [6, 6.07) is 6.69. The second-order valence-electron chi connectivity index (χ2n) is 5.35. The molecule has 130 valence electrons. The number of carbonyl (C=O) groups is 1. The fraction of sp³-hybridized carbons (Fsp3) is 0.562. The summed E-state index contributed by atoms with van der Waals surface area (Å²) in [7, 11) is -2.06. The number of nitrogens with zero attached hydrogens (tertiary/aromatic N) is 2. The van der Waals surface area contributed by atoms with Gasteiger partial charge in [0.05, 0.1) is 19.1 Å². The molecule has 7 heteroatoms. The summed E-state index contributed by atoms with van der Waals surface area (Å²) in [4.78, 5) is 14.2. The summed E-state index contributed by atoms with van der Waals surface area (Å²) in [6.45, 7) is 5.04. The molecule has 0 aliphatic carbocycles. The van der Waals surface area contributed by atoms with Gasteiger partial charge in [0.1, 0.15) is 12.3 Å². The van der Waals surface area contributed by atoms with E-state index in [4.69, 9.17) is 4.74 Å². The maximum absolute atomic E-state index is 12.5. The zero-order chi connectivity index (χ0) is 17.5. The molecule has 0 radical (unpaired) electrons. The Morgan fingerprint density at radius 1 is 1.17 bits per heavy atom. The van der Waals surface area contributed by atoms with Crippen LogP contribution in [-0.4, -0.2) is 52.2 Å². The van der Waals surface area contributed by atoms with Crippen LogP contribution in [0.3, 0.4) is 0 Å². The Labute approximate surface area is 139 Å². The molecule has 1 aromatic carbocycles. The third kappa shape index (κ3) is 5.74. The van der Waals surface area contributed by atoms with Gasteiger partial charge in [0.25, 0.3) is 0 Å². The Balaban J connectivity index is 3.06. The molecular weight excluding hydrogens is 316 g/mol. The van der Waals surface area contributed by atoms with E-state index in [9.17, 15) is 13.2 Å². The maximum Gasteiger partial charge on any atom is 0.243 e. The molecule has 0 saturated carbocycles. The van der Waals surface area contributed by atoms with E-state index >= 15 is 0 Å². The van der Waals surface area contributed by atoms with Crippen LogP contribution in [0.5, 0.6) is 5.75 Å². The van der Waals surface area contributed by atoms with Crippen LogP contribution < -0.4 is 9.04 Å². The highest BCUT2D eigenvalue weighted by atomic mass is 32.2. The normalized spacial score (nSPS) is 11.1. The Morgan fingerprint density at radius 3 is 2.26 bits per heavy atom. The third-order valence-corrected chi connectivity index (χ3v) is 4.50. The molecule has 0 fully saturated rings. The number of ether oxygens (including phenoxy) is 1. The van der Waals surface area contributed by atoms with Crippen LogP contribution in [0.1, 0.15) is 26.7 Å². The van der Waals surface area contributed by atoms with Gasteiger partial charge in [-0.3, -0.25) is 9.10 Å². The van der Waals surface area contributed by atoms with Crippen molar-refractivity contribution < 1.29 is 17.9 Å². The van der Waals surface area contributed by atoms with E-state index in [1.807, 2.05) is 13.8 Å². The van der Waals surface area contributed by atoms with Gasteiger partial charge >= 0.3 is 0 Å². The van der Waals surface area contributed by atoms with Gasteiger partial charge in [-0.05, 0) is 25.0 Å². The third-order valence-electron chi connectivity index (χ3n) is 3.36. The molecule has 0 saturated heterocycles. The van der Waals surface area contributed by atoms with Crippen molar-refractivity contribution in [2.24, 2.45) is 0 Å². The zero-order valence-corrected chi connectivity index (χ0v) is 15.1. The Hall–Kier alpha value is -1.76. The van der Waals surface area contributed by atoms with E-state index < -0.39 is 10.0 Å². The SMILES string of the molecule is CCCN(CCC)C(=O)CN(c1cccc(OC)c1)S(C)(=O)=O. The topological polar surface area (TPSA) is 66.9 Å². The van der Waals surface area contributed by atoms with Crippen molar-refractivity contribution in [2.45, 2.75) is 26.7 Å². The fourth-order valence-corrected chi connectivity index (χ4v) is 3.13. The molecule has 0 aliphatic heterocycles. The average molecular weight is 342 g/mol. The number of carbonyl (C=O) groups excluding carboxylic acids is 1. The highest BCUT2D eigenvalue weighted by Gasteiger charge is 2.23. The number of sulfonamides is 1. The lowest BCUT2D eigenvalue weighted by Crippen LogP contribution is -2.43. The first kappa shape index (κ1) is 19.3. The monoisotopic (exact) mass is 342 g/mol. The number of benzene rings is 1. The van der Waals surface area contributed by atoms with E-state index in [2.05, 4.69) is 0 Å². The smallest absolute Gasteiger partial charge is 0.243 e. The molecule has 0 bridgehead atoms. The average Bonchev–Trinajstić information content (AvgIpc) is 2.51. The summed E-state index contributed by atoms with van der Waals surface area (Å²) in [6.07, 6.45) is 2.78. The molecule has 0 atom stereocenters. The molecule has 0 heterocycles. The maximum atomic E-state index is 12.5. The molecule has 1 amide bonds. The van der Waals surface area contributed by atoms with E-state index in [-0.39, 0.29) is 12.5 Å². The second kappa shape index (κ2) is 8.76. The lowest BCUT2D eigenvalue weighted by Gasteiger charge is -2.27. The minimum absolute atomic E-state index is 0.193. The molecule has 23 heavy (non-hydrogen) atoms. The molecular formula is C16H26N2O4S. The Bertz CT molecular complexity index is 610. The van der Waals surface area contributed by atoms with Crippen molar-refractivity contribution in [1.82, 2.24) is 4.90 Å². The van der Waals surface area contributed by atoms with Crippen LogP contribution in [0.25, 0.3) is 0 Å². The Kier molecular flexibility index (Phi) is 7.35. The molecule has 0 aliphatic rings. The molecule has 1 aromatic rings. The van der Waals surface area contributed by atoms with Gasteiger partial charge < -0.3 is 9.64 Å². The van der Waals surface area contributed by atoms with Crippen molar-refractivity contribution in [3.05, 3.63) is 24.3 Å². The summed E-state index contributed by atoms with van der Waals surface area (Å²) >= 11 is 0. The number of anilines is 1. The zero-order valence-electron chi connectivity index (χ0n) is 14.3. The number of hydrogen-bond acceptors (Lipinski definition) is 4. The number of amides is 1. The molecule has 0 N–H and O–H groups in total. The Morgan fingerprint density at radius 2 is 1.78 bits per heavy atom. The van der Waals surface area contributed by atoms with Gasteiger partial charge in [-0.1, -0.05) is 19.9 Å². The van der Waals surface area contributed by atoms with Crippen LogP contribution in [0.2, 0.25) is 0 Å². The predicted octanol–water partition coefficient (Wildman–Crippen LogP) is 2.11. The van der Waals surface area contributed by atoms with Crippen LogP contribution >= 0.6 is 0 Å².